The first-order valence-electron chi connectivity index (χ1n) is 6.23. The second-order valence-corrected chi connectivity index (χ2v) is 4.48. The molecule has 0 radical (unpaired) electrons. The van der Waals surface area contributed by atoms with Crippen LogP contribution in [0.25, 0.3) is 0 Å². The SMILES string of the molecule is COc1ccc(Oc2nnc(C(F)(F)F)cc2C(=O)O)c(C)c1. The first-order valence-corrected chi connectivity index (χ1v) is 6.23. The van der Waals surface area contributed by atoms with Crippen LogP contribution in [0.5, 0.6) is 17.4 Å². The summed E-state index contributed by atoms with van der Waals surface area (Å²) in [5.41, 5.74) is -1.56. The second-order valence-electron chi connectivity index (χ2n) is 4.48. The molecule has 9 heteroatoms. The number of methoxy groups -OCH3 is 1. The molecule has 0 fully saturated rings. The highest BCUT2D eigenvalue weighted by Crippen LogP contribution is 2.32. The van der Waals surface area contributed by atoms with E-state index in [4.69, 9.17) is 14.6 Å². The van der Waals surface area contributed by atoms with Crippen LogP contribution < -0.4 is 9.47 Å². The molecule has 0 atom stereocenters. The van der Waals surface area contributed by atoms with E-state index in [0.717, 1.165) is 0 Å². The number of halogens is 3. The van der Waals surface area contributed by atoms with E-state index in [1.807, 2.05) is 0 Å². The van der Waals surface area contributed by atoms with Gasteiger partial charge in [-0.05, 0) is 36.8 Å². The highest BCUT2D eigenvalue weighted by atomic mass is 19.4. The maximum atomic E-state index is 12.6. The van der Waals surface area contributed by atoms with Crippen molar-refractivity contribution >= 4 is 5.97 Å². The lowest BCUT2D eigenvalue weighted by atomic mass is 10.2. The lowest BCUT2D eigenvalue weighted by molar-refractivity contribution is -0.141. The Morgan fingerprint density at radius 1 is 1.22 bits per heavy atom. The smallest absolute Gasteiger partial charge is 0.435 e. The van der Waals surface area contributed by atoms with Crippen molar-refractivity contribution in [3.8, 4) is 17.4 Å². The van der Waals surface area contributed by atoms with Crippen molar-refractivity contribution < 1.29 is 32.5 Å². The Kier molecular flexibility index (Phi) is 4.39. The molecule has 0 saturated heterocycles. The maximum absolute atomic E-state index is 12.6. The van der Waals surface area contributed by atoms with E-state index in [1.165, 1.54) is 13.2 Å². The summed E-state index contributed by atoms with van der Waals surface area (Å²) in [5.74, 6) is -1.36. The minimum absolute atomic E-state index is 0.224. The van der Waals surface area contributed by atoms with Crippen LogP contribution in [0.2, 0.25) is 0 Å². The Morgan fingerprint density at radius 3 is 2.43 bits per heavy atom. The van der Waals surface area contributed by atoms with Gasteiger partial charge in [0.1, 0.15) is 17.1 Å². The molecular formula is C14H11F3N2O4. The van der Waals surface area contributed by atoms with E-state index in [0.29, 0.717) is 17.4 Å². The molecule has 1 N–H and O–H groups in total. The summed E-state index contributed by atoms with van der Waals surface area (Å²) in [7, 11) is 1.47. The number of rotatable bonds is 4. The van der Waals surface area contributed by atoms with Gasteiger partial charge in [-0.25, -0.2) is 4.79 Å². The number of ether oxygens (including phenoxy) is 2. The van der Waals surface area contributed by atoms with E-state index in [1.54, 1.807) is 19.1 Å². The van der Waals surface area contributed by atoms with Crippen LogP contribution in [-0.2, 0) is 6.18 Å². The van der Waals surface area contributed by atoms with Gasteiger partial charge in [0.15, 0.2) is 5.69 Å². The van der Waals surface area contributed by atoms with Gasteiger partial charge in [0, 0.05) is 0 Å². The molecule has 0 aliphatic rings. The average molecular weight is 328 g/mol. The first kappa shape index (κ1) is 16.5. The van der Waals surface area contributed by atoms with E-state index in [9.17, 15) is 18.0 Å². The largest absolute Gasteiger partial charge is 0.497 e. The molecule has 122 valence electrons. The molecule has 0 spiro atoms. The molecule has 1 aromatic carbocycles. The standard InChI is InChI=1S/C14H11F3N2O4/c1-7-5-8(22-2)3-4-10(7)23-12-9(13(20)21)6-11(18-19-12)14(15,16)17/h3-6H,1-2H3,(H,20,21). The summed E-state index contributed by atoms with van der Waals surface area (Å²) in [5, 5.41) is 15.3. The predicted octanol–water partition coefficient (Wildman–Crippen LogP) is 3.30. The molecule has 6 nitrogen and oxygen atoms in total. The summed E-state index contributed by atoms with van der Waals surface area (Å²) < 4.78 is 48.1. The average Bonchev–Trinajstić information content (AvgIpc) is 2.48. The number of carboxylic acid groups (broad SMARTS) is 1. The minimum atomic E-state index is -4.80. The second kappa shape index (κ2) is 6.11. The van der Waals surface area contributed by atoms with E-state index in [-0.39, 0.29) is 5.75 Å². The van der Waals surface area contributed by atoms with Gasteiger partial charge in [0.2, 0.25) is 0 Å². The van der Waals surface area contributed by atoms with Crippen LogP contribution in [0.1, 0.15) is 21.6 Å². The first-order chi connectivity index (χ1) is 10.7. The summed E-state index contributed by atoms with van der Waals surface area (Å²) in [4.78, 5) is 11.1. The predicted molar refractivity (Wildman–Crippen MR) is 71.8 cm³/mol. The lowest BCUT2D eigenvalue weighted by Gasteiger charge is -2.12. The molecule has 0 bridgehead atoms. The molecule has 1 heterocycles. The van der Waals surface area contributed by atoms with Crippen LogP contribution >= 0.6 is 0 Å². The highest BCUT2D eigenvalue weighted by Gasteiger charge is 2.35. The number of hydrogen-bond acceptors (Lipinski definition) is 5. The number of aromatic carboxylic acids is 1. The van der Waals surface area contributed by atoms with Crippen molar-refractivity contribution in [3.63, 3.8) is 0 Å². The Balaban J connectivity index is 2.42. The quantitative estimate of drug-likeness (QED) is 0.927. The van der Waals surface area contributed by atoms with Crippen molar-refractivity contribution in [1.82, 2.24) is 10.2 Å². The monoisotopic (exact) mass is 328 g/mol. The lowest BCUT2D eigenvalue weighted by Crippen LogP contribution is -2.13. The number of aryl methyl sites for hydroxylation is 1. The molecule has 0 aliphatic carbocycles. The summed E-state index contributed by atoms with van der Waals surface area (Å²) >= 11 is 0. The van der Waals surface area contributed by atoms with Crippen LogP contribution in [-0.4, -0.2) is 28.4 Å². The molecule has 23 heavy (non-hydrogen) atoms. The Hall–Kier alpha value is -2.84. The van der Waals surface area contributed by atoms with E-state index >= 15 is 0 Å². The van der Waals surface area contributed by atoms with E-state index < -0.39 is 29.3 Å². The van der Waals surface area contributed by atoms with Crippen molar-refractivity contribution in [2.75, 3.05) is 7.11 Å². The van der Waals surface area contributed by atoms with Crippen molar-refractivity contribution in [2.24, 2.45) is 0 Å². The molecule has 0 aliphatic heterocycles. The number of hydrogen-bond donors (Lipinski definition) is 1. The maximum Gasteiger partial charge on any atom is 0.435 e. The van der Waals surface area contributed by atoms with Gasteiger partial charge >= 0.3 is 12.1 Å². The third-order valence-corrected chi connectivity index (χ3v) is 2.87. The normalized spacial score (nSPS) is 11.2. The van der Waals surface area contributed by atoms with Crippen molar-refractivity contribution in [3.05, 3.63) is 41.1 Å². The van der Waals surface area contributed by atoms with Gasteiger partial charge in [-0.2, -0.15) is 13.2 Å². The third-order valence-electron chi connectivity index (χ3n) is 2.87. The molecular weight excluding hydrogens is 317 g/mol. The molecule has 2 rings (SSSR count). The van der Waals surface area contributed by atoms with Gasteiger partial charge in [-0.15, -0.1) is 10.2 Å². The number of carboxylic acids is 1. The molecule has 0 amide bonds. The highest BCUT2D eigenvalue weighted by molar-refractivity contribution is 5.90. The molecule has 0 unspecified atom stereocenters. The fraction of sp³-hybridized carbons (Fsp3) is 0.214. The summed E-state index contributed by atoms with van der Waals surface area (Å²) in [6.45, 7) is 1.66. The van der Waals surface area contributed by atoms with Crippen LogP contribution in [0, 0.1) is 6.92 Å². The number of aromatic nitrogens is 2. The third kappa shape index (κ3) is 3.68. The zero-order valence-corrected chi connectivity index (χ0v) is 12.0. The fourth-order valence-electron chi connectivity index (χ4n) is 1.72. The Bertz CT molecular complexity index is 747. The van der Waals surface area contributed by atoms with Gasteiger partial charge < -0.3 is 14.6 Å². The van der Waals surface area contributed by atoms with Gasteiger partial charge in [0.25, 0.3) is 5.88 Å². The van der Waals surface area contributed by atoms with Crippen LogP contribution in [0.4, 0.5) is 13.2 Å². The number of nitrogens with zero attached hydrogens (tertiary/aromatic N) is 2. The number of alkyl halides is 3. The number of carbonyl (C=O) groups is 1. The van der Waals surface area contributed by atoms with Crippen LogP contribution in [0.15, 0.2) is 24.3 Å². The zero-order chi connectivity index (χ0) is 17.2. The zero-order valence-electron chi connectivity index (χ0n) is 12.0. The summed E-state index contributed by atoms with van der Waals surface area (Å²) in [6, 6.07) is 5.04. The van der Waals surface area contributed by atoms with Gasteiger partial charge in [0.05, 0.1) is 7.11 Å². The molecule has 0 saturated carbocycles. The van der Waals surface area contributed by atoms with Gasteiger partial charge in [-0.1, -0.05) is 0 Å². The van der Waals surface area contributed by atoms with Crippen LogP contribution in [0.3, 0.4) is 0 Å². The Labute approximate surface area is 128 Å². The minimum Gasteiger partial charge on any atom is -0.497 e. The van der Waals surface area contributed by atoms with Gasteiger partial charge in [-0.3, -0.25) is 0 Å². The molecule has 1 aromatic heterocycles. The van der Waals surface area contributed by atoms with E-state index in [2.05, 4.69) is 10.2 Å². The van der Waals surface area contributed by atoms with Crippen molar-refractivity contribution in [2.45, 2.75) is 13.1 Å². The number of benzene rings is 1. The Morgan fingerprint density at radius 2 is 1.91 bits per heavy atom. The van der Waals surface area contributed by atoms with Crippen molar-refractivity contribution in [1.29, 1.82) is 0 Å². The topological polar surface area (TPSA) is 81.5 Å². The summed E-state index contributed by atoms with van der Waals surface area (Å²) in [6.07, 6.45) is -4.80. The molecule has 2 aromatic rings. The fourth-order valence-corrected chi connectivity index (χ4v) is 1.72.